The number of nitrogens with zero attached hydrogens (tertiary/aromatic N) is 2. The zero-order valence-corrected chi connectivity index (χ0v) is 19.8. The first-order valence-electron chi connectivity index (χ1n) is 11.8. The van der Waals surface area contributed by atoms with Crippen molar-refractivity contribution in [1.29, 1.82) is 5.41 Å². The molecule has 1 aliphatic heterocycles. The van der Waals surface area contributed by atoms with Gasteiger partial charge in [0, 0.05) is 55.9 Å². The van der Waals surface area contributed by atoms with Gasteiger partial charge in [0.1, 0.15) is 0 Å². The van der Waals surface area contributed by atoms with E-state index < -0.39 is 0 Å². The molecule has 2 heterocycles. The minimum absolute atomic E-state index is 0.395. The summed E-state index contributed by atoms with van der Waals surface area (Å²) in [6.07, 6.45) is 6.17. The number of aromatic nitrogens is 1. The molecule has 0 spiro atoms. The van der Waals surface area contributed by atoms with Crippen LogP contribution in [0, 0.1) is 5.41 Å². The van der Waals surface area contributed by atoms with Gasteiger partial charge < -0.3 is 16.0 Å². The van der Waals surface area contributed by atoms with Crippen LogP contribution >= 0.6 is 0 Å². The molecule has 1 aliphatic rings. The first-order valence-corrected chi connectivity index (χ1v) is 11.8. The minimum Gasteiger partial charge on any atom is -0.359 e. The Labute approximate surface area is 202 Å². The molecule has 0 aliphatic carbocycles. The van der Waals surface area contributed by atoms with Gasteiger partial charge in [0.25, 0.3) is 0 Å². The standard InChI is InChI=1S/C29H33N5/c1-3-27(30)18-22(2)33-28-11-6-24(7-12-28)19-23-4-8-25(9-5-23)26-10-13-29(32-20-26)21-34-16-14-31-15-17-34/h3-13,18,20,30-31,33H,1,14-17,19,21H2,2H3/b22-18-,30-27?. The highest BCUT2D eigenvalue weighted by Gasteiger charge is 2.10. The lowest BCUT2D eigenvalue weighted by Gasteiger charge is -2.26. The number of pyridine rings is 1. The second-order valence-corrected chi connectivity index (χ2v) is 8.75. The quantitative estimate of drug-likeness (QED) is 0.388. The van der Waals surface area contributed by atoms with E-state index in [4.69, 9.17) is 10.4 Å². The highest BCUT2D eigenvalue weighted by Crippen LogP contribution is 2.21. The molecule has 0 unspecified atom stereocenters. The Kier molecular flexibility index (Phi) is 8.02. The van der Waals surface area contributed by atoms with Gasteiger partial charge in [-0.3, -0.25) is 9.88 Å². The number of piperazine rings is 1. The van der Waals surface area contributed by atoms with Crippen molar-refractivity contribution in [3.63, 3.8) is 0 Å². The molecule has 0 bridgehead atoms. The van der Waals surface area contributed by atoms with E-state index in [0.717, 1.165) is 61.8 Å². The Hall–Kier alpha value is -3.54. The molecule has 3 N–H and O–H groups in total. The fraction of sp³-hybridized carbons (Fsp3) is 0.241. The number of anilines is 1. The summed E-state index contributed by atoms with van der Waals surface area (Å²) in [6.45, 7) is 10.8. The van der Waals surface area contributed by atoms with Gasteiger partial charge in [0.05, 0.1) is 11.4 Å². The van der Waals surface area contributed by atoms with E-state index in [1.54, 1.807) is 6.08 Å². The predicted molar refractivity (Wildman–Crippen MR) is 142 cm³/mol. The normalized spacial score (nSPS) is 14.6. The highest BCUT2D eigenvalue weighted by molar-refractivity contribution is 6.01. The fourth-order valence-corrected chi connectivity index (χ4v) is 4.10. The van der Waals surface area contributed by atoms with Crippen molar-refractivity contribution >= 4 is 11.4 Å². The van der Waals surface area contributed by atoms with Crippen LogP contribution in [0.3, 0.4) is 0 Å². The Balaban J connectivity index is 1.33. The minimum atomic E-state index is 0.395. The molecular weight excluding hydrogens is 418 g/mol. The van der Waals surface area contributed by atoms with Gasteiger partial charge in [-0.2, -0.15) is 0 Å². The van der Waals surface area contributed by atoms with Gasteiger partial charge in [-0.15, -0.1) is 0 Å². The highest BCUT2D eigenvalue weighted by atomic mass is 15.2. The summed E-state index contributed by atoms with van der Waals surface area (Å²) in [5.41, 5.74) is 8.34. The number of hydrogen-bond acceptors (Lipinski definition) is 5. The van der Waals surface area contributed by atoms with Gasteiger partial charge in [0.2, 0.25) is 0 Å². The molecule has 174 valence electrons. The van der Waals surface area contributed by atoms with Crippen molar-refractivity contribution in [1.82, 2.24) is 15.2 Å². The third-order valence-corrected chi connectivity index (χ3v) is 6.00. The molecule has 5 nitrogen and oxygen atoms in total. The molecular formula is C29H33N5. The van der Waals surface area contributed by atoms with Crippen LogP contribution in [-0.4, -0.2) is 41.8 Å². The fourth-order valence-electron chi connectivity index (χ4n) is 4.10. The maximum absolute atomic E-state index is 7.68. The molecule has 0 atom stereocenters. The largest absolute Gasteiger partial charge is 0.359 e. The predicted octanol–water partition coefficient (Wildman–Crippen LogP) is 5.27. The molecule has 0 radical (unpaired) electrons. The average molecular weight is 452 g/mol. The van der Waals surface area contributed by atoms with Gasteiger partial charge in [-0.1, -0.05) is 49.0 Å². The van der Waals surface area contributed by atoms with Crippen molar-refractivity contribution in [3.05, 3.63) is 108 Å². The summed E-state index contributed by atoms with van der Waals surface area (Å²) < 4.78 is 0. The van der Waals surface area contributed by atoms with Crippen LogP contribution in [0.4, 0.5) is 5.69 Å². The Morgan fingerprint density at radius 2 is 1.65 bits per heavy atom. The SMILES string of the molecule is C=CC(=N)/C=C(/C)Nc1ccc(Cc2ccc(-c3ccc(CN4CCNCC4)nc3)cc2)cc1. The zero-order chi connectivity index (χ0) is 23.8. The number of hydrogen-bond donors (Lipinski definition) is 3. The summed E-state index contributed by atoms with van der Waals surface area (Å²) >= 11 is 0. The summed E-state index contributed by atoms with van der Waals surface area (Å²) in [5, 5.41) is 14.4. The van der Waals surface area contributed by atoms with Crippen molar-refractivity contribution in [2.45, 2.75) is 19.9 Å². The van der Waals surface area contributed by atoms with Gasteiger partial charge in [-0.25, -0.2) is 0 Å². The maximum Gasteiger partial charge on any atom is 0.0551 e. The Morgan fingerprint density at radius 1 is 1.00 bits per heavy atom. The van der Waals surface area contributed by atoms with E-state index in [2.05, 4.69) is 82.8 Å². The molecule has 4 rings (SSSR count). The van der Waals surface area contributed by atoms with Crippen molar-refractivity contribution < 1.29 is 0 Å². The zero-order valence-electron chi connectivity index (χ0n) is 19.8. The van der Waals surface area contributed by atoms with E-state index in [9.17, 15) is 0 Å². The van der Waals surface area contributed by atoms with Crippen LogP contribution in [0.5, 0.6) is 0 Å². The lowest BCUT2D eigenvalue weighted by molar-refractivity contribution is 0.231. The lowest BCUT2D eigenvalue weighted by atomic mass is 10.0. The van der Waals surface area contributed by atoms with Gasteiger partial charge >= 0.3 is 0 Å². The van der Waals surface area contributed by atoms with Crippen LogP contribution < -0.4 is 10.6 Å². The van der Waals surface area contributed by atoms with E-state index in [1.165, 1.54) is 22.8 Å². The van der Waals surface area contributed by atoms with E-state index in [1.807, 2.05) is 13.1 Å². The van der Waals surface area contributed by atoms with Crippen molar-refractivity contribution in [2.24, 2.45) is 0 Å². The lowest BCUT2D eigenvalue weighted by Crippen LogP contribution is -2.43. The van der Waals surface area contributed by atoms with Crippen LogP contribution in [0.15, 0.2) is 91.3 Å². The monoisotopic (exact) mass is 451 g/mol. The second kappa shape index (κ2) is 11.5. The van der Waals surface area contributed by atoms with E-state index >= 15 is 0 Å². The topological polar surface area (TPSA) is 64.0 Å². The maximum atomic E-state index is 7.68. The number of nitrogens with one attached hydrogen (secondary N) is 3. The average Bonchev–Trinajstić information content (AvgIpc) is 2.87. The number of rotatable bonds is 9. The number of benzene rings is 2. The van der Waals surface area contributed by atoms with Crippen molar-refractivity contribution in [3.8, 4) is 11.1 Å². The van der Waals surface area contributed by atoms with Crippen LogP contribution in [-0.2, 0) is 13.0 Å². The Bertz CT molecular complexity index is 1120. The third kappa shape index (κ3) is 6.73. The molecule has 2 aromatic carbocycles. The van der Waals surface area contributed by atoms with Gasteiger partial charge in [0.15, 0.2) is 0 Å². The van der Waals surface area contributed by atoms with Crippen LogP contribution in [0.2, 0.25) is 0 Å². The summed E-state index contributed by atoms with van der Waals surface area (Å²) in [7, 11) is 0. The molecule has 5 heteroatoms. The van der Waals surface area contributed by atoms with E-state index in [0.29, 0.717) is 5.71 Å². The first kappa shape index (κ1) is 23.6. The van der Waals surface area contributed by atoms with E-state index in [-0.39, 0.29) is 0 Å². The molecule has 0 amide bonds. The van der Waals surface area contributed by atoms with Crippen LogP contribution in [0.25, 0.3) is 11.1 Å². The Morgan fingerprint density at radius 3 is 2.26 bits per heavy atom. The number of allylic oxidation sites excluding steroid dienone is 3. The second-order valence-electron chi connectivity index (χ2n) is 8.75. The molecule has 3 aromatic rings. The smallest absolute Gasteiger partial charge is 0.0551 e. The van der Waals surface area contributed by atoms with Gasteiger partial charge in [-0.05, 0) is 60.4 Å². The molecule has 1 fully saturated rings. The summed E-state index contributed by atoms with van der Waals surface area (Å²) in [5.74, 6) is 0. The molecule has 1 saturated heterocycles. The molecule has 0 saturated carbocycles. The van der Waals surface area contributed by atoms with Crippen molar-refractivity contribution in [2.75, 3.05) is 31.5 Å². The third-order valence-electron chi connectivity index (χ3n) is 6.00. The summed E-state index contributed by atoms with van der Waals surface area (Å²) in [4.78, 5) is 7.15. The first-order chi connectivity index (χ1) is 16.6. The molecule has 34 heavy (non-hydrogen) atoms. The van der Waals surface area contributed by atoms with Crippen LogP contribution in [0.1, 0.15) is 23.7 Å². The molecule has 1 aromatic heterocycles. The summed E-state index contributed by atoms with van der Waals surface area (Å²) in [6, 6.07) is 21.5.